The van der Waals surface area contributed by atoms with E-state index < -0.39 is 0 Å². The maximum Gasteiger partial charge on any atom is -0.0267 e. The van der Waals surface area contributed by atoms with Crippen molar-refractivity contribution in [3.63, 3.8) is 0 Å². The minimum absolute atomic E-state index is 0.453. The average Bonchev–Trinajstić information content (AvgIpc) is 1.79. The number of rotatable bonds is 3. The molecule has 0 aromatic rings. The van der Waals surface area contributed by atoms with Crippen molar-refractivity contribution in [2.24, 2.45) is 11.3 Å². The lowest BCUT2D eigenvalue weighted by Crippen LogP contribution is -2.23. The highest BCUT2D eigenvalue weighted by molar-refractivity contribution is 4.93. The summed E-state index contributed by atoms with van der Waals surface area (Å²) in [5, 5.41) is 0. The van der Waals surface area contributed by atoms with Crippen molar-refractivity contribution in [1.29, 1.82) is 0 Å². The van der Waals surface area contributed by atoms with Crippen LogP contribution in [0.2, 0.25) is 0 Å². The van der Waals surface area contributed by atoms with Gasteiger partial charge in [0, 0.05) is 0 Å². The first-order chi connectivity index (χ1) is 4.89. The van der Waals surface area contributed by atoms with Gasteiger partial charge in [0.25, 0.3) is 0 Å². The van der Waals surface area contributed by atoms with E-state index in [2.05, 4.69) is 41.5 Å². The van der Waals surface area contributed by atoms with Gasteiger partial charge < -0.3 is 0 Å². The molecule has 0 aliphatic rings. The van der Waals surface area contributed by atoms with Crippen LogP contribution in [0.4, 0.5) is 0 Å². The molecule has 0 spiro atoms. The van der Waals surface area contributed by atoms with Gasteiger partial charge in [0.15, 0.2) is 0 Å². The van der Waals surface area contributed by atoms with Crippen LogP contribution in [0.3, 0.4) is 0 Å². The lowest BCUT2D eigenvalue weighted by molar-refractivity contribution is 0.238. The SMILES string of the molecule is CCCC([C](C)C)C(C)(C)C. The summed E-state index contributed by atoms with van der Waals surface area (Å²) in [6.07, 6.45) is 2.64. The molecular weight excluding hydrogens is 132 g/mol. The predicted molar refractivity (Wildman–Crippen MR) is 52.4 cm³/mol. The zero-order valence-electron chi connectivity index (χ0n) is 8.99. The van der Waals surface area contributed by atoms with Crippen molar-refractivity contribution in [2.75, 3.05) is 0 Å². The molecule has 1 atom stereocenters. The quantitative estimate of drug-likeness (QED) is 0.576. The summed E-state index contributed by atoms with van der Waals surface area (Å²) in [6, 6.07) is 0. The minimum atomic E-state index is 0.453. The van der Waals surface area contributed by atoms with Crippen molar-refractivity contribution in [2.45, 2.75) is 54.4 Å². The third kappa shape index (κ3) is 3.79. The molecule has 0 N–H and O–H groups in total. The highest BCUT2D eigenvalue weighted by atomic mass is 14.3. The Morgan fingerprint density at radius 2 is 1.64 bits per heavy atom. The van der Waals surface area contributed by atoms with Gasteiger partial charge in [-0.1, -0.05) is 48.0 Å². The summed E-state index contributed by atoms with van der Waals surface area (Å²) in [4.78, 5) is 0. The Bertz CT molecular complexity index is 95.1. The molecule has 0 saturated heterocycles. The second-order valence-electron chi connectivity index (χ2n) is 4.78. The maximum atomic E-state index is 2.33. The zero-order chi connectivity index (χ0) is 9.07. The van der Waals surface area contributed by atoms with E-state index in [1.165, 1.54) is 12.8 Å². The standard InChI is InChI=1S/C11H23/c1-7-8-10(9(2)3)11(4,5)6/h10H,7-8H2,1-6H3. The van der Waals surface area contributed by atoms with Gasteiger partial charge in [-0.15, -0.1) is 0 Å². The smallest absolute Gasteiger partial charge is 0.0267 e. The Morgan fingerprint density at radius 3 is 1.73 bits per heavy atom. The molecule has 0 bridgehead atoms. The second-order valence-corrected chi connectivity index (χ2v) is 4.78. The Balaban J connectivity index is 4.10. The van der Waals surface area contributed by atoms with Crippen LogP contribution < -0.4 is 0 Å². The van der Waals surface area contributed by atoms with Crippen LogP contribution in [-0.2, 0) is 0 Å². The number of hydrogen-bond acceptors (Lipinski definition) is 0. The molecule has 0 heteroatoms. The van der Waals surface area contributed by atoms with Crippen molar-refractivity contribution in [3.05, 3.63) is 5.92 Å². The molecular formula is C11H23. The molecule has 0 heterocycles. The van der Waals surface area contributed by atoms with Gasteiger partial charge in [-0.05, 0) is 23.7 Å². The Labute approximate surface area is 72.4 Å². The summed E-state index contributed by atoms with van der Waals surface area (Å²) < 4.78 is 0. The molecule has 0 aromatic heterocycles. The average molecular weight is 155 g/mol. The van der Waals surface area contributed by atoms with Gasteiger partial charge >= 0.3 is 0 Å². The van der Waals surface area contributed by atoms with Crippen molar-refractivity contribution >= 4 is 0 Å². The van der Waals surface area contributed by atoms with Gasteiger partial charge in [0.1, 0.15) is 0 Å². The van der Waals surface area contributed by atoms with Crippen LogP contribution in [0, 0.1) is 17.3 Å². The van der Waals surface area contributed by atoms with Gasteiger partial charge in [-0.3, -0.25) is 0 Å². The monoisotopic (exact) mass is 155 g/mol. The first kappa shape index (κ1) is 11.0. The summed E-state index contributed by atoms with van der Waals surface area (Å²) in [7, 11) is 0. The van der Waals surface area contributed by atoms with E-state index >= 15 is 0 Å². The Hall–Kier alpha value is 0. The molecule has 67 valence electrons. The molecule has 1 radical (unpaired) electrons. The molecule has 0 saturated carbocycles. The first-order valence-corrected chi connectivity index (χ1v) is 4.69. The highest BCUT2D eigenvalue weighted by Crippen LogP contribution is 2.36. The molecule has 0 nitrogen and oxygen atoms in total. The summed E-state index contributed by atoms with van der Waals surface area (Å²) in [5.74, 6) is 2.38. The first-order valence-electron chi connectivity index (χ1n) is 4.69. The molecule has 0 rings (SSSR count). The van der Waals surface area contributed by atoms with Crippen molar-refractivity contribution in [3.8, 4) is 0 Å². The van der Waals surface area contributed by atoms with E-state index in [-0.39, 0.29) is 0 Å². The van der Waals surface area contributed by atoms with Crippen molar-refractivity contribution < 1.29 is 0 Å². The van der Waals surface area contributed by atoms with Crippen LogP contribution in [0.1, 0.15) is 54.4 Å². The summed E-state index contributed by atoms with van der Waals surface area (Å²) in [5.41, 5.74) is 0.453. The van der Waals surface area contributed by atoms with Crippen LogP contribution in [-0.4, -0.2) is 0 Å². The van der Waals surface area contributed by atoms with Crippen molar-refractivity contribution in [1.82, 2.24) is 0 Å². The normalized spacial score (nSPS) is 15.5. The Morgan fingerprint density at radius 1 is 1.18 bits per heavy atom. The third-order valence-electron chi connectivity index (χ3n) is 2.32. The molecule has 0 fully saturated rings. The molecule has 0 amide bonds. The van der Waals surface area contributed by atoms with Crippen LogP contribution in [0.15, 0.2) is 0 Å². The number of hydrogen-bond donors (Lipinski definition) is 0. The maximum absolute atomic E-state index is 2.33. The molecule has 0 aliphatic carbocycles. The zero-order valence-corrected chi connectivity index (χ0v) is 8.99. The van der Waals surface area contributed by atoms with Crippen LogP contribution in [0.5, 0.6) is 0 Å². The van der Waals surface area contributed by atoms with E-state index in [9.17, 15) is 0 Å². The van der Waals surface area contributed by atoms with E-state index in [1.807, 2.05) is 0 Å². The molecule has 0 aliphatic heterocycles. The van der Waals surface area contributed by atoms with Crippen LogP contribution in [0.25, 0.3) is 0 Å². The summed E-state index contributed by atoms with van der Waals surface area (Å²) >= 11 is 0. The van der Waals surface area contributed by atoms with Gasteiger partial charge in [-0.2, -0.15) is 0 Å². The second kappa shape index (κ2) is 4.13. The molecule has 0 aromatic carbocycles. The summed E-state index contributed by atoms with van der Waals surface area (Å²) in [6.45, 7) is 13.8. The van der Waals surface area contributed by atoms with E-state index in [0.717, 1.165) is 5.92 Å². The van der Waals surface area contributed by atoms with E-state index in [4.69, 9.17) is 0 Å². The molecule has 1 unspecified atom stereocenters. The lowest BCUT2D eigenvalue weighted by Gasteiger charge is -2.33. The predicted octanol–water partition coefficient (Wildman–Crippen LogP) is 4.06. The lowest BCUT2D eigenvalue weighted by atomic mass is 9.72. The third-order valence-corrected chi connectivity index (χ3v) is 2.32. The fourth-order valence-electron chi connectivity index (χ4n) is 1.88. The Kier molecular flexibility index (Phi) is 4.13. The van der Waals surface area contributed by atoms with Crippen LogP contribution >= 0.6 is 0 Å². The highest BCUT2D eigenvalue weighted by Gasteiger charge is 2.26. The topological polar surface area (TPSA) is 0 Å². The van der Waals surface area contributed by atoms with E-state index in [0.29, 0.717) is 5.41 Å². The largest absolute Gasteiger partial charge is 0.0654 e. The van der Waals surface area contributed by atoms with Gasteiger partial charge in [0.05, 0.1) is 0 Å². The fraction of sp³-hybridized carbons (Fsp3) is 0.909. The molecule has 11 heavy (non-hydrogen) atoms. The van der Waals surface area contributed by atoms with E-state index in [1.54, 1.807) is 5.92 Å². The van der Waals surface area contributed by atoms with Gasteiger partial charge in [0.2, 0.25) is 0 Å². The van der Waals surface area contributed by atoms with Gasteiger partial charge in [-0.25, -0.2) is 0 Å². The minimum Gasteiger partial charge on any atom is -0.0654 e. The fourth-order valence-corrected chi connectivity index (χ4v) is 1.88.